The van der Waals surface area contributed by atoms with Gasteiger partial charge in [0.15, 0.2) is 0 Å². The van der Waals surface area contributed by atoms with Crippen LogP contribution in [-0.4, -0.2) is 55.7 Å². The minimum Gasteiger partial charge on any atom is -0.356 e. The smallest absolute Gasteiger partial charge is 0.266 e. The van der Waals surface area contributed by atoms with Crippen LogP contribution in [0.4, 0.5) is 0 Å². The zero-order chi connectivity index (χ0) is 19.2. The normalized spacial score (nSPS) is 14.8. The predicted octanol–water partition coefficient (Wildman–Crippen LogP) is 1.80. The van der Waals surface area contributed by atoms with E-state index in [1.807, 2.05) is 13.8 Å². The van der Waals surface area contributed by atoms with Crippen LogP contribution in [0.15, 0.2) is 29.2 Å². The summed E-state index contributed by atoms with van der Waals surface area (Å²) in [6.45, 7) is 6.06. The minimum absolute atomic E-state index is 0.0378. The Morgan fingerprint density at radius 3 is 2.46 bits per heavy atom. The standard InChI is InChI=1S/C18H28N4O3S/c1-3-5-17(23)20-11-10-15-6-8-16(9-7-15)26(24,25)22-14-13-21(12-4-2)18(22)19/h6-9,19H,3-5,10-14H2,1-2H3,(H,20,23). The first-order chi connectivity index (χ1) is 12.4. The molecule has 0 spiro atoms. The molecule has 0 saturated carbocycles. The first-order valence-corrected chi connectivity index (χ1v) is 10.6. The maximum Gasteiger partial charge on any atom is 0.266 e. The van der Waals surface area contributed by atoms with Gasteiger partial charge in [-0.3, -0.25) is 10.2 Å². The highest BCUT2D eigenvalue weighted by atomic mass is 32.2. The van der Waals surface area contributed by atoms with Gasteiger partial charge < -0.3 is 10.2 Å². The lowest BCUT2D eigenvalue weighted by Crippen LogP contribution is -2.37. The number of amides is 1. The number of rotatable bonds is 9. The van der Waals surface area contributed by atoms with Crippen molar-refractivity contribution in [3.05, 3.63) is 29.8 Å². The molecule has 1 heterocycles. The van der Waals surface area contributed by atoms with Crippen molar-refractivity contribution in [1.82, 2.24) is 14.5 Å². The van der Waals surface area contributed by atoms with E-state index in [9.17, 15) is 13.2 Å². The Balaban J connectivity index is 1.98. The van der Waals surface area contributed by atoms with Crippen LogP contribution in [0.5, 0.6) is 0 Å². The fraction of sp³-hybridized carbons (Fsp3) is 0.556. The summed E-state index contributed by atoms with van der Waals surface area (Å²) in [7, 11) is -3.70. The van der Waals surface area contributed by atoms with Crippen LogP contribution in [0.2, 0.25) is 0 Å². The zero-order valence-electron chi connectivity index (χ0n) is 15.5. The van der Waals surface area contributed by atoms with Crippen LogP contribution in [0.25, 0.3) is 0 Å². The number of nitrogens with zero attached hydrogens (tertiary/aromatic N) is 2. The van der Waals surface area contributed by atoms with E-state index in [2.05, 4.69) is 5.32 Å². The van der Waals surface area contributed by atoms with Crippen molar-refractivity contribution in [2.45, 2.75) is 44.4 Å². The molecule has 2 rings (SSSR count). The number of hydrogen-bond acceptors (Lipinski definition) is 4. The molecule has 144 valence electrons. The lowest BCUT2D eigenvalue weighted by atomic mass is 10.1. The molecule has 0 unspecified atom stereocenters. The van der Waals surface area contributed by atoms with Crippen molar-refractivity contribution in [2.24, 2.45) is 0 Å². The fourth-order valence-electron chi connectivity index (χ4n) is 2.92. The van der Waals surface area contributed by atoms with E-state index in [1.165, 1.54) is 4.31 Å². The second kappa shape index (κ2) is 9.02. The molecular formula is C18H28N4O3S. The Bertz CT molecular complexity index is 731. The number of carbonyl (C=O) groups is 1. The van der Waals surface area contributed by atoms with Crippen molar-refractivity contribution >= 4 is 21.9 Å². The molecule has 26 heavy (non-hydrogen) atoms. The molecule has 1 fully saturated rings. The third-order valence-corrected chi connectivity index (χ3v) is 6.13. The van der Waals surface area contributed by atoms with Crippen LogP contribution in [-0.2, 0) is 21.2 Å². The van der Waals surface area contributed by atoms with Crippen LogP contribution in [0.3, 0.4) is 0 Å². The lowest BCUT2D eigenvalue weighted by Gasteiger charge is -2.21. The summed E-state index contributed by atoms with van der Waals surface area (Å²) in [4.78, 5) is 13.4. The Morgan fingerprint density at radius 2 is 1.85 bits per heavy atom. The van der Waals surface area contributed by atoms with Gasteiger partial charge in [-0.15, -0.1) is 0 Å². The van der Waals surface area contributed by atoms with Gasteiger partial charge in [0, 0.05) is 26.1 Å². The van der Waals surface area contributed by atoms with E-state index in [-0.39, 0.29) is 16.8 Å². The molecular weight excluding hydrogens is 352 g/mol. The highest BCUT2D eigenvalue weighted by molar-refractivity contribution is 7.89. The minimum atomic E-state index is -3.70. The van der Waals surface area contributed by atoms with Gasteiger partial charge >= 0.3 is 0 Å². The molecule has 0 aromatic heterocycles. The Hall–Kier alpha value is -2.09. The molecule has 0 bridgehead atoms. The Morgan fingerprint density at radius 1 is 1.15 bits per heavy atom. The highest BCUT2D eigenvalue weighted by Crippen LogP contribution is 2.21. The van der Waals surface area contributed by atoms with Crippen molar-refractivity contribution in [3.63, 3.8) is 0 Å². The molecule has 2 N–H and O–H groups in total. The summed E-state index contributed by atoms with van der Waals surface area (Å²) in [6, 6.07) is 6.69. The van der Waals surface area contributed by atoms with Gasteiger partial charge in [-0.05, 0) is 37.0 Å². The summed E-state index contributed by atoms with van der Waals surface area (Å²) >= 11 is 0. The SMILES string of the molecule is CCCC(=O)NCCc1ccc(S(=O)(=O)N2CCN(CCC)C2=N)cc1. The first kappa shape index (κ1) is 20.2. The third-order valence-electron chi connectivity index (χ3n) is 4.33. The van der Waals surface area contributed by atoms with E-state index in [1.54, 1.807) is 29.2 Å². The molecule has 8 heteroatoms. The van der Waals surface area contributed by atoms with Gasteiger partial charge in [-0.25, -0.2) is 12.7 Å². The van der Waals surface area contributed by atoms with Gasteiger partial charge in [-0.1, -0.05) is 26.0 Å². The Labute approximate surface area is 155 Å². The number of sulfonamides is 1. The monoisotopic (exact) mass is 380 g/mol. The average Bonchev–Trinajstić information content (AvgIpc) is 2.97. The summed E-state index contributed by atoms with van der Waals surface area (Å²) in [5.41, 5.74) is 0.963. The molecule has 1 aliphatic heterocycles. The second-order valence-electron chi connectivity index (χ2n) is 6.38. The Kier molecular flexibility index (Phi) is 7.02. The molecule has 1 aromatic rings. The number of guanidine groups is 1. The quantitative estimate of drug-likeness (QED) is 0.683. The van der Waals surface area contributed by atoms with Crippen LogP contribution in [0, 0.1) is 5.41 Å². The van der Waals surface area contributed by atoms with Crippen LogP contribution >= 0.6 is 0 Å². The summed E-state index contributed by atoms with van der Waals surface area (Å²) in [5, 5.41) is 11.0. The lowest BCUT2D eigenvalue weighted by molar-refractivity contribution is -0.121. The van der Waals surface area contributed by atoms with Crippen molar-refractivity contribution in [2.75, 3.05) is 26.2 Å². The molecule has 0 atom stereocenters. The van der Waals surface area contributed by atoms with Gasteiger partial charge in [0.05, 0.1) is 11.4 Å². The maximum atomic E-state index is 12.8. The van der Waals surface area contributed by atoms with Crippen LogP contribution < -0.4 is 5.32 Å². The number of hydrogen-bond donors (Lipinski definition) is 2. The van der Waals surface area contributed by atoms with E-state index in [0.717, 1.165) is 18.4 Å². The van der Waals surface area contributed by atoms with Crippen LogP contribution in [0.1, 0.15) is 38.7 Å². The molecule has 1 aromatic carbocycles. The van der Waals surface area contributed by atoms with E-state index in [0.29, 0.717) is 39.0 Å². The molecule has 1 saturated heterocycles. The van der Waals surface area contributed by atoms with Crippen molar-refractivity contribution in [1.29, 1.82) is 5.41 Å². The van der Waals surface area contributed by atoms with Crippen molar-refractivity contribution in [3.8, 4) is 0 Å². The summed E-state index contributed by atoms with van der Waals surface area (Å²) in [5.74, 6) is 0.0884. The third kappa shape index (κ3) is 4.75. The number of carbonyl (C=O) groups excluding carboxylic acids is 1. The van der Waals surface area contributed by atoms with Gasteiger partial charge in [0.1, 0.15) is 0 Å². The van der Waals surface area contributed by atoms with Crippen molar-refractivity contribution < 1.29 is 13.2 Å². The van der Waals surface area contributed by atoms with Gasteiger partial charge in [0.2, 0.25) is 11.9 Å². The van der Waals surface area contributed by atoms with E-state index in [4.69, 9.17) is 5.41 Å². The second-order valence-corrected chi connectivity index (χ2v) is 8.24. The number of benzene rings is 1. The first-order valence-electron chi connectivity index (χ1n) is 9.12. The van der Waals surface area contributed by atoms with Gasteiger partial charge in [-0.2, -0.15) is 0 Å². The highest BCUT2D eigenvalue weighted by Gasteiger charge is 2.34. The summed E-state index contributed by atoms with van der Waals surface area (Å²) in [6.07, 6.45) is 2.87. The molecule has 1 aliphatic rings. The topological polar surface area (TPSA) is 93.6 Å². The fourth-order valence-corrected chi connectivity index (χ4v) is 4.32. The molecule has 1 amide bonds. The molecule has 7 nitrogen and oxygen atoms in total. The average molecular weight is 381 g/mol. The van der Waals surface area contributed by atoms with E-state index < -0.39 is 10.0 Å². The molecule has 0 radical (unpaired) electrons. The zero-order valence-corrected chi connectivity index (χ0v) is 16.3. The molecule has 0 aliphatic carbocycles. The summed E-state index contributed by atoms with van der Waals surface area (Å²) < 4.78 is 26.7. The predicted molar refractivity (Wildman–Crippen MR) is 102 cm³/mol. The maximum absolute atomic E-state index is 12.8. The van der Waals surface area contributed by atoms with E-state index >= 15 is 0 Å². The number of nitrogens with one attached hydrogen (secondary N) is 2. The van der Waals surface area contributed by atoms with Gasteiger partial charge in [0.25, 0.3) is 10.0 Å². The largest absolute Gasteiger partial charge is 0.356 e.